The van der Waals surface area contributed by atoms with Crippen molar-refractivity contribution < 1.29 is 8.78 Å². The van der Waals surface area contributed by atoms with Gasteiger partial charge in [0, 0.05) is 11.1 Å². The zero-order valence-electron chi connectivity index (χ0n) is 10.3. The quantitative estimate of drug-likeness (QED) is 0.661. The Morgan fingerprint density at radius 3 is 2.47 bits per heavy atom. The van der Waals surface area contributed by atoms with Gasteiger partial charge < -0.3 is 0 Å². The van der Waals surface area contributed by atoms with Gasteiger partial charge in [0.15, 0.2) is 0 Å². The van der Waals surface area contributed by atoms with E-state index in [-0.39, 0.29) is 6.42 Å². The topological polar surface area (TPSA) is 0 Å². The monoisotopic (exact) mass is 300 g/mol. The summed E-state index contributed by atoms with van der Waals surface area (Å²) < 4.78 is 26.4. The second-order valence-electron chi connectivity index (χ2n) is 4.47. The fraction of sp³-hybridized carbons (Fsp3) is 0.200. The second kappa shape index (κ2) is 5.89. The number of alkyl halides is 1. The first-order valence-corrected chi connectivity index (χ1v) is 6.62. The first kappa shape index (κ1) is 14.3. The minimum atomic E-state index is -0.592. The maximum Gasteiger partial charge on any atom is 0.129 e. The first-order chi connectivity index (χ1) is 8.95. The van der Waals surface area contributed by atoms with Crippen LogP contribution in [0.4, 0.5) is 8.78 Å². The van der Waals surface area contributed by atoms with Crippen molar-refractivity contribution >= 4 is 23.2 Å². The molecule has 0 spiro atoms. The highest BCUT2D eigenvalue weighted by atomic mass is 35.5. The Morgan fingerprint density at radius 1 is 1.11 bits per heavy atom. The Bertz CT molecular complexity index is 576. The van der Waals surface area contributed by atoms with Gasteiger partial charge in [0.2, 0.25) is 0 Å². The third-order valence-electron chi connectivity index (χ3n) is 2.84. The summed E-state index contributed by atoms with van der Waals surface area (Å²) in [7, 11) is 0. The van der Waals surface area contributed by atoms with Crippen LogP contribution in [0.3, 0.4) is 0 Å². The van der Waals surface area contributed by atoms with E-state index in [0.29, 0.717) is 10.6 Å². The van der Waals surface area contributed by atoms with Crippen molar-refractivity contribution in [2.45, 2.75) is 18.7 Å². The van der Waals surface area contributed by atoms with Crippen LogP contribution in [-0.4, -0.2) is 0 Å². The molecule has 0 aliphatic carbocycles. The van der Waals surface area contributed by atoms with E-state index in [1.165, 1.54) is 12.1 Å². The number of aryl methyl sites for hydroxylation is 1. The molecular weight excluding hydrogens is 289 g/mol. The number of halogens is 4. The molecule has 0 amide bonds. The third kappa shape index (κ3) is 3.68. The van der Waals surface area contributed by atoms with Gasteiger partial charge in [-0.1, -0.05) is 23.7 Å². The largest absolute Gasteiger partial charge is 0.207 e. The van der Waals surface area contributed by atoms with Crippen LogP contribution in [0, 0.1) is 18.6 Å². The van der Waals surface area contributed by atoms with E-state index in [4.69, 9.17) is 23.2 Å². The molecule has 0 aliphatic heterocycles. The summed E-state index contributed by atoms with van der Waals surface area (Å²) in [5.41, 5.74) is 2.21. The first-order valence-electron chi connectivity index (χ1n) is 5.81. The summed E-state index contributed by atoms with van der Waals surface area (Å²) in [6, 6.07) is 9.00. The Labute approximate surface area is 121 Å². The van der Waals surface area contributed by atoms with Gasteiger partial charge in [0.25, 0.3) is 0 Å². The number of hydrogen-bond donors (Lipinski definition) is 0. The van der Waals surface area contributed by atoms with Crippen LogP contribution in [0.5, 0.6) is 0 Å². The zero-order valence-corrected chi connectivity index (χ0v) is 11.8. The lowest BCUT2D eigenvalue weighted by molar-refractivity contribution is 0.570. The van der Waals surface area contributed by atoms with E-state index in [1.54, 1.807) is 6.07 Å². The molecule has 0 heterocycles. The highest BCUT2D eigenvalue weighted by Gasteiger charge is 2.13. The van der Waals surface area contributed by atoms with Crippen LogP contribution >= 0.6 is 23.2 Å². The van der Waals surface area contributed by atoms with E-state index in [1.807, 2.05) is 19.1 Å². The lowest BCUT2D eigenvalue weighted by Crippen LogP contribution is -1.99. The number of rotatable bonds is 3. The molecule has 0 saturated heterocycles. The van der Waals surface area contributed by atoms with Crippen LogP contribution in [0.1, 0.15) is 22.1 Å². The highest BCUT2D eigenvalue weighted by Crippen LogP contribution is 2.29. The molecule has 2 rings (SSSR count). The lowest BCUT2D eigenvalue weighted by Gasteiger charge is -2.12. The molecule has 2 aromatic rings. The minimum Gasteiger partial charge on any atom is -0.207 e. The minimum absolute atomic E-state index is 0.285. The molecule has 4 heteroatoms. The van der Waals surface area contributed by atoms with Crippen LogP contribution in [-0.2, 0) is 6.42 Å². The smallest absolute Gasteiger partial charge is 0.129 e. The average Bonchev–Trinajstić information content (AvgIpc) is 2.31. The molecule has 0 radical (unpaired) electrons. The fourth-order valence-electron chi connectivity index (χ4n) is 1.94. The molecule has 0 N–H and O–H groups in total. The van der Waals surface area contributed by atoms with Crippen molar-refractivity contribution in [3.05, 3.63) is 69.7 Å². The summed E-state index contributed by atoms with van der Waals surface area (Å²) in [6.45, 7) is 1.91. The van der Waals surface area contributed by atoms with Gasteiger partial charge in [-0.3, -0.25) is 0 Å². The number of benzene rings is 2. The Kier molecular flexibility index (Phi) is 4.43. The maximum atomic E-state index is 13.6. The van der Waals surface area contributed by atoms with Gasteiger partial charge in [0.05, 0.1) is 5.38 Å². The van der Waals surface area contributed by atoms with E-state index >= 15 is 0 Å². The summed E-state index contributed by atoms with van der Waals surface area (Å²) in [5, 5.41) is 0.192. The summed E-state index contributed by atoms with van der Waals surface area (Å²) in [6.07, 6.45) is 0.285. The van der Waals surface area contributed by atoms with E-state index in [0.717, 1.165) is 17.2 Å². The molecule has 0 fully saturated rings. The van der Waals surface area contributed by atoms with Crippen molar-refractivity contribution in [1.29, 1.82) is 0 Å². The molecule has 19 heavy (non-hydrogen) atoms. The molecule has 0 aromatic heterocycles. The highest BCUT2D eigenvalue weighted by molar-refractivity contribution is 6.30. The van der Waals surface area contributed by atoms with E-state index in [9.17, 15) is 8.78 Å². The predicted octanol–water partition coefficient (Wildman–Crippen LogP) is 5.45. The Morgan fingerprint density at radius 2 is 1.84 bits per heavy atom. The van der Waals surface area contributed by atoms with Gasteiger partial charge in [-0.25, -0.2) is 8.78 Å². The summed E-state index contributed by atoms with van der Waals surface area (Å²) in [4.78, 5) is 0. The Hall–Kier alpha value is -1.12. The molecule has 1 atom stereocenters. The fourth-order valence-corrected chi connectivity index (χ4v) is 2.53. The van der Waals surface area contributed by atoms with Gasteiger partial charge in [0.1, 0.15) is 11.6 Å². The van der Waals surface area contributed by atoms with Gasteiger partial charge in [-0.05, 0) is 48.2 Å². The second-order valence-corrected chi connectivity index (χ2v) is 5.43. The van der Waals surface area contributed by atoms with Gasteiger partial charge >= 0.3 is 0 Å². The molecule has 2 aromatic carbocycles. The van der Waals surface area contributed by atoms with E-state index in [2.05, 4.69) is 0 Å². The molecule has 0 bridgehead atoms. The van der Waals surface area contributed by atoms with Crippen molar-refractivity contribution in [3.63, 3.8) is 0 Å². The van der Waals surface area contributed by atoms with Crippen LogP contribution < -0.4 is 0 Å². The lowest BCUT2D eigenvalue weighted by atomic mass is 10.0. The zero-order chi connectivity index (χ0) is 14.0. The van der Waals surface area contributed by atoms with Gasteiger partial charge in [-0.15, -0.1) is 11.6 Å². The predicted molar refractivity (Wildman–Crippen MR) is 74.8 cm³/mol. The summed E-state index contributed by atoms with van der Waals surface area (Å²) in [5.74, 6) is -1.17. The molecule has 0 nitrogen and oxygen atoms in total. The molecular formula is C15H12Cl2F2. The maximum absolute atomic E-state index is 13.6. The normalized spacial score (nSPS) is 12.5. The van der Waals surface area contributed by atoms with Crippen molar-refractivity contribution in [2.24, 2.45) is 0 Å². The van der Waals surface area contributed by atoms with Gasteiger partial charge in [-0.2, -0.15) is 0 Å². The van der Waals surface area contributed by atoms with Crippen LogP contribution in [0.2, 0.25) is 5.02 Å². The molecule has 1 unspecified atom stereocenters. The average molecular weight is 301 g/mol. The van der Waals surface area contributed by atoms with Crippen LogP contribution in [0.25, 0.3) is 0 Å². The number of hydrogen-bond acceptors (Lipinski definition) is 0. The standard InChI is InChI=1S/C15H12Cl2F2/c1-9-4-11(6-12(16)5-9)14(17)7-10-2-3-13(18)8-15(10)19/h2-6,8,14H,7H2,1H3. The Balaban J connectivity index is 2.22. The summed E-state index contributed by atoms with van der Waals surface area (Å²) >= 11 is 12.2. The molecule has 100 valence electrons. The third-order valence-corrected chi connectivity index (χ3v) is 3.46. The molecule has 0 saturated carbocycles. The van der Waals surface area contributed by atoms with Crippen LogP contribution in [0.15, 0.2) is 36.4 Å². The van der Waals surface area contributed by atoms with E-state index < -0.39 is 17.0 Å². The van der Waals surface area contributed by atoms with Crippen molar-refractivity contribution in [3.8, 4) is 0 Å². The molecule has 0 aliphatic rings. The SMILES string of the molecule is Cc1cc(Cl)cc(C(Cl)Cc2ccc(F)cc2F)c1. The van der Waals surface area contributed by atoms with Crippen molar-refractivity contribution in [1.82, 2.24) is 0 Å². The van der Waals surface area contributed by atoms with Crippen molar-refractivity contribution in [2.75, 3.05) is 0 Å².